The summed E-state index contributed by atoms with van der Waals surface area (Å²) in [7, 11) is 0. The zero-order chi connectivity index (χ0) is 17.8. The quantitative estimate of drug-likeness (QED) is 0.678. The van der Waals surface area contributed by atoms with Crippen LogP contribution in [-0.2, 0) is 11.3 Å². The van der Waals surface area contributed by atoms with Crippen molar-refractivity contribution in [1.82, 2.24) is 20.0 Å². The number of hydrogen-bond acceptors (Lipinski definition) is 3. The van der Waals surface area contributed by atoms with Crippen LogP contribution < -0.4 is 5.32 Å². The fraction of sp³-hybridized carbons (Fsp3) is 0.500. The molecule has 2 aliphatic rings. The molecule has 0 radical (unpaired) electrons. The first kappa shape index (κ1) is 17.1. The lowest BCUT2D eigenvalue weighted by Gasteiger charge is -2.24. The van der Waals surface area contributed by atoms with Gasteiger partial charge in [0.2, 0.25) is 0 Å². The number of likely N-dealkylation sites (tertiary alicyclic amines) is 1. The van der Waals surface area contributed by atoms with Gasteiger partial charge in [-0.05, 0) is 31.9 Å². The zero-order valence-electron chi connectivity index (χ0n) is 15.4. The first-order chi connectivity index (χ1) is 12.8. The second-order valence-corrected chi connectivity index (χ2v) is 7.27. The minimum Gasteiger partial charge on any atom is -0.381 e. The van der Waals surface area contributed by atoms with Crippen LogP contribution in [0.3, 0.4) is 0 Å². The maximum Gasteiger partial charge on any atom is 0.194 e. The van der Waals surface area contributed by atoms with Crippen LogP contribution in [0.4, 0.5) is 0 Å². The lowest BCUT2D eigenvalue weighted by Crippen LogP contribution is -2.41. The van der Waals surface area contributed by atoms with Gasteiger partial charge in [0.25, 0.3) is 0 Å². The highest BCUT2D eigenvalue weighted by molar-refractivity contribution is 5.80. The Labute approximate surface area is 154 Å². The maximum absolute atomic E-state index is 5.65. The Morgan fingerprint density at radius 2 is 2.19 bits per heavy atom. The number of para-hydroxylation sites is 1. The number of guanidine groups is 1. The molecular weight excluding hydrogens is 326 g/mol. The number of aliphatic imine (C=N–C) groups is 1. The van der Waals surface area contributed by atoms with Crippen LogP contribution in [0, 0.1) is 5.41 Å². The molecule has 6 heteroatoms. The molecule has 4 rings (SSSR count). The van der Waals surface area contributed by atoms with Crippen molar-refractivity contribution in [3.05, 3.63) is 48.3 Å². The number of rotatable bonds is 4. The minimum atomic E-state index is 0.342. The van der Waals surface area contributed by atoms with Crippen molar-refractivity contribution in [3.63, 3.8) is 0 Å². The van der Waals surface area contributed by atoms with E-state index in [0.717, 1.165) is 50.1 Å². The average molecular weight is 353 g/mol. The van der Waals surface area contributed by atoms with Gasteiger partial charge in [0.05, 0.1) is 25.0 Å². The standard InChI is InChI=1S/C20H27N5O/c1-2-21-19(24-10-8-20(15-24)9-11-26-16-20)22-12-17-13-23-25(14-17)18-6-4-3-5-7-18/h3-7,13-14H,2,8-12,15-16H2,1H3,(H,21,22). The summed E-state index contributed by atoms with van der Waals surface area (Å²) in [6.07, 6.45) is 6.32. The summed E-state index contributed by atoms with van der Waals surface area (Å²) in [5.74, 6) is 1.00. The van der Waals surface area contributed by atoms with E-state index in [-0.39, 0.29) is 0 Å². The van der Waals surface area contributed by atoms with E-state index in [4.69, 9.17) is 9.73 Å². The highest BCUT2D eigenvalue weighted by atomic mass is 16.5. The normalized spacial score (nSPS) is 23.1. The van der Waals surface area contributed by atoms with Crippen molar-refractivity contribution in [3.8, 4) is 5.69 Å². The van der Waals surface area contributed by atoms with Gasteiger partial charge >= 0.3 is 0 Å². The summed E-state index contributed by atoms with van der Waals surface area (Å²) in [6.45, 7) is 7.53. The SMILES string of the molecule is CCNC(=NCc1cnn(-c2ccccc2)c1)N1CCC2(CCOC2)C1. The monoisotopic (exact) mass is 353 g/mol. The summed E-state index contributed by atoms with van der Waals surface area (Å²) < 4.78 is 7.55. The average Bonchev–Trinajstić information content (AvgIpc) is 3.42. The number of aromatic nitrogens is 2. The van der Waals surface area contributed by atoms with E-state index >= 15 is 0 Å². The van der Waals surface area contributed by atoms with E-state index < -0.39 is 0 Å². The molecule has 1 atom stereocenters. The van der Waals surface area contributed by atoms with Crippen LogP contribution in [0.2, 0.25) is 0 Å². The minimum absolute atomic E-state index is 0.342. The number of nitrogens with one attached hydrogen (secondary N) is 1. The van der Waals surface area contributed by atoms with Gasteiger partial charge in [0.1, 0.15) is 0 Å². The van der Waals surface area contributed by atoms with Gasteiger partial charge in [-0.2, -0.15) is 5.10 Å². The molecule has 0 amide bonds. The van der Waals surface area contributed by atoms with Gasteiger partial charge in [-0.1, -0.05) is 18.2 Å². The molecule has 0 bridgehead atoms. The first-order valence-corrected chi connectivity index (χ1v) is 9.48. The Hall–Kier alpha value is -2.34. The first-order valence-electron chi connectivity index (χ1n) is 9.48. The van der Waals surface area contributed by atoms with Crippen LogP contribution in [0.25, 0.3) is 5.69 Å². The predicted molar refractivity (Wildman–Crippen MR) is 102 cm³/mol. The Kier molecular flexibility index (Phi) is 4.93. The van der Waals surface area contributed by atoms with Crippen LogP contribution in [0.15, 0.2) is 47.7 Å². The van der Waals surface area contributed by atoms with E-state index in [9.17, 15) is 0 Å². The van der Waals surface area contributed by atoms with Crippen molar-refractivity contribution < 1.29 is 4.74 Å². The van der Waals surface area contributed by atoms with Crippen molar-refractivity contribution in [2.24, 2.45) is 10.4 Å². The molecule has 1 N–H and O–H groups in total. The molecule has 2 aromatic rings. The molecule has 2 aliphatic heterocycles. The molecule has 1 aromatic carbocycles. The third-order valence-electron chi connectivity index (χ3n) is 5.33. The summed E-state index contributed by atoms with van der Waals surface area (Å²) in [5.41, 5.74) is 2.52. The molecule has 0 saturated carbocycles. The Morgan fingerprint density at radius 3 is 2.96 bits per heavy atom. The number of nitrogens with zero attached hydrogens (tertiary/aromatic N) is 4. The van der Waals surface area contributed by atoms with Gasteiger partial charge in [0.15, 0.2) is 5.96 Å². The van der Waals surface area contributed by atoms with Crippen molar-refractivity contribution >= 4 is 5.96 Å². The number of ether oxygens (including phenoxy) is 1. The molecule has 26 heavy (non-hydrogen) atoms. The smallest absolute Gasteiger partial charge is 0.194 e. The maximum atomic E-state index is 5.65. The van der Waals surface area contributed by atoms with E-state index in [1.54, 1.807) is 0 Å². The van der Waals surface area contributed by atoms with Crippen LogP contribution >= 0.6 is 0 Å². The fourth-order valence-corrected chi connectivity index (χ4v) is 3.84. The van der Waals surface area contributed by atoms with Gasteiger partial charge in [0, 0.05) is 43.4 Å². The molecule has 1 unspecified atom stereocenters. The largest absolute Gasteiger partial charge is 0.381 e. The molecule has 0 aliphatic carbocycles. The van der Waals surface area contributed by atoms with E-state index in [2.05, 4.69) is 40.6 Å². The predicted octanol–water partition coefficient (Wildman–Crippen LogP) is 2.45. The van der Waals surface area contributed by atoms with Crippen LogP contribution in [0.5, 0.6) is 0 Å². The zero-order valence-corrected chi connectivity index (χ0v) is 15.4. The third-order valence-corrected chi connectivity index (χ3v) is 5.33. The van der Waals surface area contributed by atoms with Crippen molar-refractivity contribution in [2.45, 2.75) is 26.3 Å². The number of hydrogen-bond donors (Lipinski definition) is 1. The molecule has 2 fully saturated rings. The summed E-state index contributed by atoms with van der Waals surface area (Å²) in [4.78, 5) is 7.25. The van der Waals surface area contributed by atoms with Gasteiger partial charge < -0.3 is 15.0 Å². The summed E-state index contributed by atoms with van der Waals surface area (Å²) >= 11 is 0. The lowest BCUT2D eigenvalue weighted by atomic mass is 9.87. The highest BCUT2D eigenvalue weighted by Crippen LogP contribution is 2.38. The molecule has 1 spiro atoms. The second-order valence-electron chi connectivity index (χ2n) is 7.27. The fourth-order valence-electron chi connectivity index (χ4n) is 3.84. The van der Waals surface area contributed by atoms with Crippen LogP contribution in [0.1, 0.15) is 25.3 Å². The molecule has 138 valence electrons. The highest BCUT2D eigenvalue weighted by Gasteiger charge is 2.42. The molecule has 2 saturated heterocycles. The van der Waals surface area contributed by atoms with Crippen LogP contribution in [-0.4, -0.2) is 53.5 Å². The molecule has 3 heterocycles. The molecule has 6 nitrogen and oxygen atoms in total. The second kappa shape index (κ2) is 7.50. The molecule has 1 aromatic heterocycles. The van der Waals surface area contributed by atoms with Crippen molar-refractivity contribution in [2.75, 3.05) is 32.8 Å². The molecular formula is C20H27N5O. The third kappa shape index (κ3) is 3.60. The van der Waals surface area contributed by atoms with E-state index in [0.29, 0.717) is 12.0 Å². The van der Waals surface area contributed by atoms with Gasteiger partial charge in [-0.15, -0.1) is 0 Å². The lowest BCUT2D eigenvalue weighted by molar-refractivity contribution is 0.156. The topological polar surface area (TPSA) is 54.7 Å². The van der Waals surface area contributed by atoms with E-state index in [1.165, 1.54) is 12.8 Å². The van der Waals surface area contributed by atoms with Gasteiger partial charge in [-0.3, -0.25) is 0 Å². The van der Waals surface area contributed by atoms with E-state index in [1.807, 2.05) is 29.1 Å². The number of benzene rings is 1. The Morgan fingerprint density at radius 1 is 1.31 bits per heavy atom. The summed E-state index contributed by atoms with van der Waals surface area (Å²) in [5, 5.41) is 7.91. The Balaban J connectivity index is 1.44. The Bertz CT molecular complexity index is 749. The van der Waals surface area contributed by atoms with Gasteiger partial charge in [-0.25, -0.2) is 9.67 Å². The summed E-state index contributed by atoms with van der Waals surface area (Å²) in [6, 6.07) is 10.2. The van der Waals surface area contributed by atoms with Crippen molar-refractivity contribution in [1.29, 1.82) is 0 Å².